The second kappa shape index (κ2) is 6.57. The molecular weight excluding hydrogens is 300 g/mol. The molecule has 0 saturated heterocycles. The highest BCUT2D eigenvalue weighted by Gasteiger charge is 2.14. The number of imidazole rings is 1. The summed E-state index contributed by atoms with van der Waals surface area (Å²) in [5.74, 6) is 0.164. The number of hydrogen-bond acceptors (Lipinski definition) is 2. The van der Waals surface area contributed by atoms with E-state index in [9.17, 15) is 4.39 Å². The van der Waals surface area contributed by atoms with Crippen molar-refractivity contribution in [2.75, 3.05) is 0 Å². The van der Waals surface area contributed by atoms with Crippen LogP contribution in [-0.4, -0.2) is 9.97 Å². The van der Waals surface area contributed by atoms with Crippen LogP contribution in [0.5, 0.6) is 0 Å². The summed E-state index contributed by atoms with van der Waals surface area (Å²) in [5, 5.41) is 0.367. The summed E-state index contributed by atoms with van der Waals surface area (Å²) in [7, 11) is 0. The lowest BCUT2D eigenvalue weighted by Crippen LogP contribution is -2.11. The zero-order valence-electron chi connectivity index (χ0n) is 11.1. The first-order valence-corrected chi connectivity index (χ1v) is 7.24. The fraction of sp³-hybridized carbons (Fsp3) is 0.357. The molecule has 1 unspecified atom stereocenters. The summed E-state index contributed by atoms with van der Waals surface area (Å²) in [5.41, 5.74) is 7.20. The number of hydrogen-bond donors (Lipinski definition) is 2. The van der Waals surface area contributed by atoms with Gasteiger partial charge in [0.2, 0.25) is 0 Å². The Hall–Kier alpha value is -1.10. The number of nitrogens with one attached hydrogen (secondary N) is 1. The molecule has 0 amide bonds. The van der Waals surface area contributed by atoms with Crippen molar-refractivity contribution in [2.45, 2.75) is 32.2 Å². The van der Waals surface area contributed by atoms with E-state index in [1.807, 2.05) is 0 Å². The standard InChI is InChI=1S/C14H16Cl2FN3/c1-2-3-4-12(18)14-19-7-13(20-14)8-5-11(17)10(16)6-9(8)15/h5-7,12H,2-4,18H2,1H3,(H,19,20). The highest BCUT2D eigenvalue weighted by Crippen LogP contribution is 2.31. The molecule has 108 valence electrons. The number of halogens is 3. The summed E-state index contributed by atoms with van der Waals surface area (Å²) in [6.45, 7) is 2.11. The van der Waals surface area contributed by atoms with E-state index in [2.05, 4.69) is 16.9 Å². The molecule has 6 heteroatoms. The smallest absolute Gasteiger partial charge is 0.142 e. The number of nitrogens with zero attached hydrogens (tertiary/aromatic N) is 1. The average molecular weight is 316 g/mol. The molecular formula is C14H16Cl2FN3. The average Bonchev–Trinajstić information content (AvgIpc) is 2.89. The van der Waals surface area contributed by atoms with E-state index in [1.165, 1.54) is 12.1 Å². The van der Waals surface area contributed by atoms with Crippen molar-refractivity contribution in [2.24, 2.45) is 5.73 Å². The highest BCUT2D eigenvalue weighted by atomic mass is 35.5. The third-order valence-corrected chi connectivity index (χ3v) is 3.72. The van der Waals surface area contributed by atoms with Crippen molar-refractivity contribution in [3.8, 4) is 11.3 Å². The largest absolute Gasteiger partial charge is 0.341 e. The molecule has 0 bridgehead atoms. The van der Waals surface area contributed by atoms with Crippen LogP contribution in [0.2, 0.25) is 10.0 Å². The van der Waals surface area contributed by atoms with Gasteiger partial charge >= 0.3 is 0 Å². The fourth-order valence-corrected chi connectivity index (χ4v) is 2.44. The van der Waals surface area contributed by atoms with E-state index in [1.54, 1.807) is 6.20 Å². The van der Waals surface area contributed by atoms with Gasteiger partial charge in [0, 0.05) is 5.56 Å². The topological polar surface area (TPSA) is 54.7 Å². The van der Waals surface area contributed by atoms with Crippen LogP contribution in [0.3, 0.4) is 0 Å². The molecule has 0 aliphatic rings. The number of H-pyrrole nitrogens is 1. The number of aromatic nitrogens is 2. The van der Waals surface area contributed by atoms with Gasteiger partial charge in [-0.2, -0.15) is 0 Å². The summed E-state index contributed by atoms with van der Waals surface area (Å²) in [6.07, 6.45) is 4.57. The van der Waals surface area contributed by atoms with Gasteiger partial charge in [0.15, 0.2) is 0 Å². The Morgan fingerprint density at radius 2 is 2.10 bits per heavy atom. The van der Waals surface area contributed by atoms with Crippen molar-refractivity contribution in [3.05, 3.63) is 40.0 Å². The molecule has 2 rings (SSSR count). The van der Waals surface area contributed by atoms with Crippen LogP contribution >= 0.6 is 23.2 Å². The van der Waals surface area contributed by atoms with Crippen molar-refractivity contribution >= 4 is 23.2 Å². The Kier molecular flexibility index (Phi) is 5.02. The van der Waals surface area contributed by atoms with Gasteiger partial charge in [-0.3, -0.25) is 0 Å². The first kappa shape index (κ1) is 15.3. The van der Waals surface area contributed by atoms with Gasteiger partial charge in [-0.25, -0.2) is 9.37 Å². The Labute approximate surface area is 127 Å². The maximum atomic E-state index is 13.5. The lowest BCUT2D eigenvalue weighted by Gasteiger charge is -2.07. The van der Waals surface area contributed by atoms with E-state index in [0.29, 0.717) is 22.1 Å². The maximum absolute atomic E-state index is 13.5. The first-order chi connectivity index (χ1) is 9.52. The lowest BCUT2D eigenvalue weighted by atomic mass is 10.1. The quantitative estimate of drug-likeness (QED) is 0.785. The summed E-state index contributed by atoms with van der Waals surface area (Å²) in [4.78, 5) is 7.34. The Morgan fingerprint density at radius 3 is 2.80 bits per heavy atom. The van der Waals surface area contributed by atoms with Crippen molar-refractivity contribution in [1.29, 1.82) is 0 Å². The minimum absolute atomic E-state index is 0.00173. The van der Waals surface area contributed by atoms with E-state index in [-0.39, 0.29) is 11.1 Å². The normalized spacial score (nSPS) is 12.7. The van der Waals surface area contributed by atoms with E-state index in [4.69, 9.17) is 28.9 Å². The molecule has 0 radical (unpaired) electrons. The molecule has 0 saturated carbocycles. The maximum Gasteiger partial charge on any atom is 0.142 e. The number of nitrogens with two attached hydrogens (primary N) is 1. The van der Waals surface area contributed by atoms with E-state index >= 15 is 0 Å². The molecule has 0 aliphatic heterocycles. The van der Waals surface area contributed by atoms with Crippen LogP contribution in [0.25, 0.3) is 11.3 Å². The van der Waals surface area contributed by atoms with Crippen LogP contribution in [0.4, 0.5) is 4.39 Å². The van der Waals surface area contributed by atoms with Gasteiger partial charge in [-0.05, 0) is 18.6 Å². The van der Waals surface area contributed by atoms with Crippen LogP contribution in [-0.2, 0) is 0 Å². The number of unbranched alkanes of at least 4 members (excludes halogenated alkanes) is 1. The zero-order valence-corrected chi connectivity index (χ0v) is 12.6. The Morgan fingerprint density at radius 1 is 1.35 bits per heavy atom. The Bertz CT molecular complexity index is 598. The molecule has 0 fully saturated rings. The predicted molar refractivity (Wildman–Crippen MR) is 80.5 cm³/mol. The Balaban J connectivity index is 2.27. The first-order valence-electron chi connectivity index (χ1n) is 6.48. The predicted octanol–water partition coefficient (Wildman–Crippen LogP) is 4.71. The molecule has 3 N–H and O–H groups in total. The molecule has 1 aromatic heterocycles. The molecule has 0 spiro atoms. The van der Waals surface area contributed by atoms with Crippen molar-refractivity contribution in [1.82, 2.24) is 9.97 Å². The lowest BCUT2D eigenvalue weighted by molar-refractivity contribution is 0.580. The third kappa shape index (κ3) is 3.32. The SMILES string of the molecule is CCCCC(N)c1ncc(-c2cc(F)c(Cl)cc2Cl)[nH]1. The molecule has 1 aromatic carbocycles. The van der Waals surface area contributed by atoms with Crippen LogP contribution in [0.1, 0.15) is 38.1 Å². The molecule has 2 aromatic rings. The number of aromatic amines is 1. The third-order valence-electron chi connectivity index (χ3n) is 3.12. The van der Waals surface area contributed by atoms with Gasteiger partial charge in [-0.1, -0.05) is 43.0 Å². The molecule has 20 heavy (non-hydrogen) atoms. The van der Waals surface area contributed by atoms with E-state index < -0.39 is 5.82 Å². The van der Waals surface area contributed by atoms with E-state index in [0.717, 1.165) is 19.3 Å². The monoisotopic (exact) mass is 315 g/mol. The number of benzene rings is 1. The summed E-state index contributed by atoms with van der Waals surface area (Å²) < 4.78 is 13.5. The molecule has 1 heterocycles. The van der Waals surface area contributed by atoms with Gasteiger partial charge in [0.1, 0.15) is 11.6 Å². The van der Waals surface area contributed by atoms with Crippen molar-refractivity contribution < 1.29 is 4.39 Å². The van der Waals surface area contributed by atoms with Crippen LogP contribution < -0.4 is 5.73 Å². The van der Waals surface area contributed by atoms with Crippen LogP contribution in [0, 0.1) is 5.82 Å². The minimum Gasteiger partial charge on any atom is -0.341 e. The highest BCUT2D eigenvalue weighted by molar-refractivity contribution is 6.36. The molecule has 0 aliphatic carbocycles. The van der Waals surface area contributed by atoms with Gasteiger partial charge in [0.05, 0.1) is 28.0 Å². The second-order valence-corrected chi connectivity index (χ2v) is 5.49. The minimum atomic E-state index is -0.516. The summed E-state index contributed by atoms with van der Waals surface area (Å²) >= 11 is 11.8. The number of rotatable bonds is 5. The second-order valence-electron chi connectivity index (χ2n) is 4.68. The molecule has 1 atom stereocenters. The van der Waals surface area contributed by atoms with Crippen molar-refractivity contribution in [3.63, 3.8) is 0 Å². The molecule has 3 nitrogen and oxygen atoms in total. The van der Waals surface area contributed by atoms with Gasteiger partial charge in [0.25, 0.3) is 0 Å². The van der Waals surface area contributed by atoms with Gasteiger partial charge < -0.3 is 10.7 Å². The zero-order chi connectivity index (χ0) is 14.7. The van der Waals surface area contributed by atoms with Crippen LogP contribution in [0.15, 0.2) is 18.3 Å². The summed E-state index contributed by atoms with van der Waals surface area (Å²) in [6, 6.07) is 2.52. The van der Waals surface area contributed by atoms with Gasteiger partial charge in [-0.15, -0.1) is 0 Å². The fourth-order valence-electron chi connectivity index (χ4n) is 1.95.